The van der Waals surface area contributed by atoms with Crippen molar-refractivity contribution in [2.24, 2.45) is 0 Å². The van der Waals surface area contributed by atoms with Gasteiger partial charge in [-0.15, -0.1) is 0 Å². The molecule has 1 amide bonds. The van der Waals surface area contributed by atoms with Crippen LogP contribution in [0.3, 0.4) is 0 Å². The molecule has 1 atom stereocenters. The highest BCUT2D eigenvalue weighted by molar-refractivity contribution is 9.10. The van der Waals surface area contributed by atoms with Crippen molar-refractivity contribution in [3.8, 4) is 0 Å². The maximum absolute atomic E-state index is 11.1. The number of rotatable bonds is 4. The third-order valence-corrected chi connectivity index (χ3v) is 3.76. The molecule has 1 unspecified atom stereocenters. The van der Waals surface area contributed by atoms with Gasteiger partial charge in [-0.05, 0) is 55.3 Å². The molecule has 0 aliphatic carbocycles. The van der Waals surface area contributed by atoms with E-state index in [1.807, 2.05) is 24.3 Å². The SMILES string of the molecule is CC(=O)Nc1cccc(C(C)Nc2ccc(Br)cc2C)c1. The lowest BCUT2D eigenvalue weighted by atomic mass is 10.1. The van der Waals surface area contributed by atoms with Crippen LogP contribution in [0.4, 0.5) is 11.4 Å². The Morgan fingerprint density at radius 3 is 2.62 bits per heavy atom. The van der Waals surface area contributed by atoms with Crippen LogP contribution in [0.1, 0.15) is 31.0 Å². The van der Waals surface area contributed by atoms with Gasteiger partial charge >= 0.3 is 0 Å². The van der Waals surface area contributed by atoms with Crippen LogP contribution in [-0.2, 0) is 4.79 Å². The van der Waals surface area contributed by atoms with Crippen molar-refractivity contribution in [3.63, 3.8) is 0 Å². The number of carbonyl (C=O) groups is 1. The molecule has 0 aliphatic heterocycles. The number of aryl methyl sites for hydroxylation is 1. The summed E-state index contributed by atoms with van der Waals surface area (Å²) in [6.07, 6.45) is 0. The Bertz CT molecular complexity index is 655. The van der Waals surface area contributed by atoms with Gasteiger partial charge in [0.1, 0.15) is 0 Å². The van der Waals surface area contributed by atoms with Gasteiger partial charge in [0.05, 0.1) is 0 Å². The summed E-state index contributed by atoms with van der Waals surface area (Å²) >= 11 is 3.47. The summed E-state index contributed by atoms with van der Waals surface area (Å²) < 4.78 is 1.07. The second-order valence-electron chi connectivity index (χ2n) is 5.13. The van der Waals surface area contributed by atoms with Crippen LogP contribution < -0.4 is 10.6 Å². The van der Waals surface area contributed by atoms with Gasteiger partial charge < -0.3 is 10.6 Å². The van der Waals surface area contributed by atoms with Gasteiger partial charge in [-0.25, -0.2) is 0 Å². The Balaban J connectivity index is 2.16. The van der Waals surface area contributed by atoms with Crippen LogP contribution in [0, 0.1) is 6.92 Å². The van der Waals surface area contributed by atoms with Crippen LogP contribution in [0.5, 0.6) is 0 Å². The Kier molecular flexibility index (Phi) is 5.02. The summed E-state index contributed by atoms with van der Waals surface area (Å²) in [7, 11) is 0. The third-order valence-electron chi connectivity index (χ3n) is 3.27. The van der Waals surface area contributed by atoms with Crippen LogP contribution in [-0.4, -0.2) is 5.91 Å². The van der Waals surface area contributed by atoms with E-state index in [9.17, 15) is 4.79 Å². The molecule has 21 heavy (non-hydrogen) atoms. The number of hydrogen-bond donors (Lipinski definition) is 2. The van der Waals surface area contributed by atoms with E-state index < -0.39 is 0 Å². The fraction of sp³-hybridized carbons (Fsp3) is 0.235. The molecule has 110 valence electrons. The van der Waals surface area contributed by atoms with Crippen molar-refractivity contribution >= 4 is 33.2 Å². The molecule has 0 spiro atoms. The van der Waals surface area contributed by atoms with E-state index in [0.29, 0.717) is 0 Å². The van der Waals surface area contributed by atoms with Gasteiger partial charge in [-0.1, -0.05) is 28.1 Å². The lowest BCUT2D eigenvalue weighted by molar-refractivity contribution is -0.114. The highest BCUT2D eigenvalue weighted by Crippen LogP contribution is 2.25. The standard InChI is InChI=1S/C17H19BrN2O/c1-11-9-15(18)7-8-17(11)19-12(2)14-5-4-6-16(10-14)20-13(3)21/h4-10,12,19H,1-3H3,(H,20,21). The molecule has 0 heterocycles. The van der Waals surface area contributed by atoms with Gasteiger partial charge in [0.15, 0.2) is 0 Å². The fourth-order valence-electron chi connectivity index (χ4n) is 2.19. The van der Waals surface area contributed by atoms with Gasteiger partial charge in [-0.3, -0.25) is 4.79 Å². The van der Waals surface area contributed by atoms with Crippen molar-refractivity contribution in [3.05, 3.63) is 58.1 Å². The topological polar surface area (TPSA) is 41.1 Å². The largest absolute Gasteiger partial charge is 0.378 e. The van der Waals surface area contributed by atoms with E-state index in [1.54, 1.807) is 0 Å². The molecule has 0 aliphatic rings. The quantitative estimate of drug-likeness (QED) is 0.827. The number of amides is 1. The third kappa shape index (κ3) is 4.33. The summed E-state index contributed by atoms with van der Waals surface area (Å²) in [5.74, 6) is -0.0588. The number of anilines is 2. The monoisotopic (exact) mass is 346 g/mol. The zero-order valence-corrected chi connectivity index (χ0v) is 14.0. The van der Waals surface area contributed by atoms with E-state index in [1.165, 1.54) is 12.5 Å². The second kappa shape index (κ2) is 6.76. The number of benzene rings is 2. The first-order valence-corrected chi connectivity index (χ1v) is 7.65. The van der Waals surface area contributed by atoms with Gasteiger partial charge in [0, 0.05) is 28.8 Å². The molecule has 0 radical (unpaired) electrons. The first-order valence-electron chi connectivity index (χ1n) is 6.86. The molecule has 3 nitrogen and oxygen atoms in total. The van der Waals surface area contributed by atoms with E-state index in [2.05, 4.69) is 58.6 Å². The summed E-state index contributed by atoms with van der Waals surface area (Å²) in [4.78, 5) is 11.1. The summed E-state index contributed by atoms with van der Waals surface area (Å²) in [6, 6.07) is 14.2. The average Bonchev–Trinajstić information content (AvgIpc) is 2.41. The minimum absolute atomic E-state index is 0.0588. The first-order chi connectivity index (χ1) is 9.95. The second-order valence-corrected chi connectivity index (χ2v) is 6.05. The molecule has 0 bridgehead atoms. The lowest BCUT2D eigenvalue weighted by Crippen LogP contribution is -2.10. The van der Waals surface area contributed by atoms with Crippen LogP contribution >= 0.6 is 15.9 Å². The van der Waals surface area contributed by atoms with Gasteiger partial charge in [0.25, 0.3) is 0 Å². The van der Waals surface area contributed by atoms with E-state index in [0.717, 1.165) is 21.4 Å². The van der Waals surface area contributed by atoms with E-state index >= 15 is 0 Å². The predicted octanol–water partition coefficient (Wildman–Crippen LogP) is 4.89. The number of halogens is 1. The Morgan fingerprint density at radius 2 is 1.95 bits per heavy atom. The molecule has 2 aromatic rings. The molecule has 4 heteroatoms. The predicted molar refractivity (Wildman–Crippen MR) is 91.7 cm³/mol. The Morgan fingerprint density at radius 1 is 1.19 bits per heavy atom. The summed E-state index contributed by atoms with van der Waals surface area (Å²) in [5, 5.41) is 6.31. The highest BCUT2D eigenvalue weighted by Gasteiger charge is 2.08. The maximum Gasteiger partial charge on any atom is 0.221 e. The zero-order chi connectivity index (χ0) is 15.4. The van der Waals surface area contributed by atoms with E-state index in [4.69, 9.17) is 0 Å². The highest BCUT2D eigenvalue weighted by atomic mass is 79.9. The normalized spacial score (nSPS) is 11.8. The number of carbonyl (C=O) groups excluding carboxylic acids is 1. The Labute approximate surface area is 133 Å². The summed E-state index contributed by atoms with van der Waals surface area (Å²) in [5.41, 5.74) is 4.25. The molecule has 2 rings (SSSR count). The zero-order valence-electron chi connectivity index (χ0n) is 12.4. The first kappa shape index (κ1) is 15.6. The molecule has 0 aromatic heterocycles. The van der Waals surface area contributed by atoms with Crippen molar-refractivity contribution in [2.75, 3.05) is 10.6 Å². The van der Waals surface area contributed by atoms with Crippen molar-refractivity contribution in [1.82, 2.24) is 0 Å². The molecule has 0 fully saturated rings. The maximum atomic E-state index is 11.1. The molecular formula is C17H19BrN2O. The van der Waals surface area contributed by atoms with Crippen LogP contribution in [0.2, 0.25) is 0 Å². The molecule has 0 saturated carbocycles. The van der Waals surface area contributed by atoms with Gasteiger partial charge in [0.2, 0.25) is 5.91 Å². The lowest BCUT2D eigenvalue weighted by Gasteiger charge is -2.18. The van der Waals surface area contributed by atoms with Crippen molar-refractivity contribution < 1.29 is 4.79 Å². The van der Waals surface area contributed by atoms with Crippen LogP contribution in [0.15, 0.2) is 46.9 Å². The minimum atomic E-state index is -0.0588. The smallest absolute Gasteiger partial charge is 0.221 e. The number of nitrogens with one attached hydrogen (secondary N) is 2. The Hall–Kier alpha value is -1.81. The molecule has 2 N–H and O–H groups in total. The van der Waals surface area contributed by atoms with E-state index in [-0.39, 0.29) is 11.9 Å². The van der Waals surface area contributed by atoms with Crippen molar-refractivity contribution in [1.29, 1.82) is 0 Å². The van der Waals surface area contributed by atoms with Crippen LogP contribution in [0.25, 0.3) is 0 Å². The number of hydrogen-bond acceptors (Lipinski definition) is 2. The molecular weight excluding hydrogens is 328 g/mol. The average molecular weight is 347 g/mol. The van der Waals surface area contributed by atoms with Gasteiger partial charge in [-0.2, -0.15) is 0 Å². The fourth-order valence-corrected chi connectivity index (χ4v) is 2.67. The minimum Gasteiger partial charge on any atom is -0.378 e. The summed E-state index contributed by atoms with van der Waals surface area (Å²) in [6.45, 7) is 5.70. The molecule has 2 aromatic carbocycles. The van der Waals surface area contributed by atoms with Crippen molar-refractivity contribution in [2.45, 2.75) is 26.8 Å². The molecule has 0 saturated heterocycles.